The van der Waals surface area contributed by atoms with Crippen LogP contribution in [-0.4, -0.2) is 11.7 Å². The second-order valence-electron chi connectivity index (χ2n) is 7.18. The van der Waals surface area contributed by atoms with Crippen molar-refractivity contribution < 1.29 is 35.9 Å². The highest BCUT2D eigenvalue weighted by Gasteiger charge is 2.42. The molecule has 2 aliphatic rings. The molecule has 3 nitrogen and oxygen atoms in total. The number of anilines is 1. The van der Waals surface area contributed by atoms with Crippen molar-refractivity contribution >= 4 is 17.4 Å². The Labute approximate surface area is 151 Å². The van der Waals surface area contributed by atoms with Gasteiger partial charge in [0.25, 0.3) is 0 Å². The molecule has 148 valence electrons. The van der Waals surface area contributed by atoms with E-state index in [0.717, 1.165) is 6.42 Å². The molecule has 3 rings (SSSR count). The van der Waals surface area contributed by atoms with Crippen molar-refractivity contribution in [2.75, 3.05) is 5.32 Å². The number of alkyl halides is 6. The molecule has 1 amide bonds. The van der Waals surface area contributed by atoms with E-state index in [1.54, 1.807) is 0 Å². The molecule has 2 unspecified atom stereocenters. The summed E-state index contributed by atoms with van der Waals surface area (Å²) in [6.07, 6.45) is -7.16. The third-order valence-corrected chi connectivity index (χ3v) is 5.27. The van der Waals surface area contributed by atoms with Crippen molar-refractivity contribution in [3.05, 3.63) is 29.3 Å². The summed E-state index contributed by atoms with van der Waals surface area (Å²) >= 11 is 0. The van der Waals surface area contributed by atoms with E-state index in [1.165, 1.54) is 0 Å². The summed E-state index contributed by atoms with van der Waals surface area (Å²) in [7, 11) is 0. The lowest BCUT2D eigenvalue weighted by Crippen LogP contribution is -2.40. The normalized spacial score (nSPS) is 26.0. The van der Waals surface area contributed by atoms with E-state index in [4.69, 9.17) is 0 Å². The Bertz CT molecular complexity index is 707. The zero-order valence-electron chi connectivity index (χ0n) is 14.1. The first-order chi connectivity index (χ1) is 12.4. The van der Waals surface area contributed by atoms with Gasteiger partial charge in [-0.3, -0.25) is 9.59 Å². The first-order valence-electron chi connectivity index (χ1n) is 8.59. The summed E-state index contributed by atoms with van der Waals surface area (Å²) in [5, 5.41) is 2.19. The van der Waals surface area contributed by atoms with Gasteiger partial charge in [0.2, 0.25) is 5.91 Å². The summed E-state index contributed by atoms with van der Waals surface area (Å²) in [4.78, 5) is 24.5. The van der Waals surface area contributed by atoms with Gasteiger partial charge in [0, 0.05) is 23.4 Å². The molecule has 2 bridgehead atoms. The van der Waals surface area contributed by atoms with Crippen LogP contribution in [0.25, 0.3) is 0 Å². The summed E-state index contributed by atoms with van der Waals surface area (Å²) in [5.74, 6) is -1.63. The number of nitrogens with one attached hydrogen (secondary N) is 1. The van der Waals surface area contributed by atoms with Gasteiger partial charge in [-0.25, -0.2) is 0 Å². The van der Waals surface area contributed by atoms with E-state index in [0.29, 0.717) is 25.0 Å². The Morgan fingerprint density at radius 1 is 0.889 bits per heavy atom. The van der Waals surface area contributed by atoms with Gasteiger partial charge < -0.3 is 5.32 Å². The minimum absolute atomic E-state index is 0.0132. The highest BCUT2D eigenvalue weighted by atomic mass is 19.4. The lowest BCUT2D eigenvalue weighted by atomic mass is 9.67. The Morgan fingerprint density at radius 2 is 1.37 bits per heavy atom. The van der Waals surface area contributed by atoms with E-state index in [9.17, 15) is 35.9 Å². The Morgan fingerprint density at radius 3 is 1.81 bits per heavy atom. The molecule has 0 radical (unpaired) electrons. The van der Waals surface area contributed by atoms with Crippen LogP contribution in [-0.2, 0) is 21.9 Å². The summed E-state index contributed by atoms with van der Waals surface area (Å²) < 4.78 is 77.5. The van der Waals surface area contributed by atoms with Crippen LogP contribution < -0.4 is 5.32 Å². The molecule has 2 aliphatic carbocycles. The molecule has 0 aromatic heterocycles. The highest BCUT2D eigenvalue weighted by molar-refractivity contribution is 5.95. The van der Waals surface area contributed by atoms with E-state index >= 15 is 0 Å². The predicted molar refractivity (Wildman–Crippen MR) is 83.6 cm³/mol. The second-order valence-corrected chi connectivity index (χ2v) is 7.18. The number of carbonyl (C=O) groups is 2. The number of Topliss-reactive ketones (excluding diaryl/α,β-unsaturated/α-hetero) is 1. The predicted octanol–water partition coefficient (Wildman–Crippen LogP) is 5.06. The number of carbonyl (C=O) groups excluding carboxylic acids is 2. The molecule has 2 saturated carbocycles. The number of hydrogen-bond acceptors (Lipinski definition) is 2. The Hall–Kier alpha value is -2.06. The Balaban J connectivity index is 1.82. The van der Waals surface area contributed by atoms with E-state index in [2.05, 4.69) is 5.32 Å². The quantitative estimate of drug-likeness (QED) is 0.714. The third kappa shape index (κ3) is 4.27. The van der Waals surface area contributed by atoms with Crippen molar-refractivity contribution in [2.24, 2.45) is 17.8 Å². The topological polar surface area (TPSA) is 46.2 Å². The standard InChI is InChI=1S/C18H17F6NO2/c19-17(20,21)12-6-13(18(22,23)24)8-14(7-12)25-16(27)11-4-9-2-1-3-10(5-11)15(9)26/h6-11H,1-5H2,(H,25,27). The van der Waals surface area contributed by atoms with Crippen molar-refractivity contribution in [3.8, 4) is 0 Å². The van der Waals surface area contributed by atoms with Crippen molar-refractivity contribution in [1.82, 2.24) is 0 Å². The van der Waals surface area contributed by atoms with Gasteiger partial charge in [0.05, 0.1) is 11.1 Å². The molecule has 9 heteroatoms. The summed E-state index contributed by atoms with van der Waals surface area (Å²) in [6, 6.07) is 0.989. The lowest BCUT2D eigenvalue weighted by Gasteiger charge is -2.37. The number of ketones is 1. The first kappa shape index (κ1) is 19.7. The summed E-state index contributed by atoms with van der Waals surface area (Å²) in [6.45, 7) is 0. The van der Waals surface area contributed by atoms with E-state index < -0.39 is 41.0 Å². The number of fused-ring (bicyclic) bond motifs is 2. The van der Waals surface area contributed by atoms with Gasteiger partial charge in [-0.05, 0) is 43.9 Å². The zero-order chi connectivity index (χ0) is 20.0. The summed E-state index contributed by atoms with van der Waals surface area (Å²) in [5.41, 5.74) is -3.52. The number of halogens is 6. The molecular weight excluding hydrogens is 376 g/mol. The fraction of sp³-hybridized carbons (Fsp3) is 0.556. The molecular formula is C18H17F6NO2. The molecule has 2 atom stereocenters. The molecule has 27 heavy (non-hydrogen) atoms. The monoisotopic (exact) mass is 393 g/mol. The van der Waals surface area contributed by atoms with Gasteiger partial charge in [0.15, 0.2) is 0 Å². The van der Waals surface area contributed by atoms with Gasteiger partial charge >= 0.3 is 12.4 Å². The van der Waals surface area contributed by atoms with Crippen molar-refractivity contribution in [1.29, 1.82) is 0 Å². The average molecular weight is 393 g/mol. The van der Waals surface area contributed by atoms with Crippen LogP contribution in [0, 0.1) is 17.8 Å². The fourth-order valence-corrected chi connectivity index (χ4v) is 3.97. The van der Waals surface area contributed by atoms with E-state index in [-0.39, 0.29) is 36.5 Å². The van der Waals surface area contributed by atoms with Crippen LogP contribution in [0.3, 0.4) is 0 Å². The van der Waals surface area contributed by atoms with E-state index in [1.807, 2.05) is 0 Å². The van der Waals surface area contributed by atoms with Crippen LogP contribution in [0.2, 0.25) is 0 Å². The molecule has 0 heterocycles. The van der Waals surface area contributed by atoms with Gasteiger partial charge in [0.1, 0.15) is 5.78 Å². The van der Waals surface area contributed by atoms with Gasteiger partial charge in [-0.15, -0.1) is 0 Å². The maximum atomic E-state index is 12.9. The number of rotatable bonds is 2. The molecule has 0 aliphatic heterocycles. The average Bonchev–Trinajstić information content (AvgIpc) is 2.52. The zero-order valence-corrected chi connectivity index (χ0v) is 14.1. The molecule has 1 aromatic rings. The molecule has 1 N–H and O–H groups in total. The van der Waals surface area contributed by atoms with Crippen molar-refractivity contribution in [2.45, 2.75) is 44.5 Å². The second kappa shape index (κ2) is 6.83. The first-order valence-corrected chi connectivity index (χ1v) is 8.59. The van der Waals surface area contributed by atoms with Crippen LogP contribution in [0.1, 0.15) is 43.2 Å². The van der Waals surface area contributed by atoms with Crippen molar-refractivity contribution in [3.63, 3.8) is 0 Å². The van der Waals surface area contributed by atoms with Gasteiger partial charge in [-0.1, -0.05) is 6.42 Å². The lowest BCUT2D eigenvalue weighted by molar-refractivity contribution is -0.143. The minimum atomic E-state index is -4.98. The van der Waals surface area contributed by atoms with Crippen LogP contribution in [0.4, 0.5) is 32.0 Å². The SMILES string of the molecule is O=C(Nc1cc(C(F)(F)F)cc(C(F)(F)F)c1)C1CC2CCCC(C1)C2=O. The molecule has 1 aromatic carbocycles. The van der Waals surface area contributed by atoms with Crippen LogP contribution in [0.5, 0.6) is 0 Å². The third-order valence-electron chi connectivity index (χ3n) is 5.27. The molecule has 0 spiro atoms. The number of hydrogen-bond donors (Lipinski definition) is 1. The van der Waals surface area contributed by atoms with Crippen LogP contribution in [0.15, 0.2) is 18.2 Å². The number of amides is 1. The maximum absolute atomic E-state index is 12.9. The highest BCUT2D eigenvalue weighted by Crippen LogP contribution is 2.41. The van der Waals surface area contributed by atoms with Crippen LogP contribution >= 0.6 is 0 Å². The fourth-order valence-electron chi connectivity index (χ4n) is 3.97. The smallest absolute Gasteiger partial charge is 0.326 e. The molecule has 2 fully saturated rings. The number of benzene rings is 1. The molecule has 0 saturated heterocycles. The minimum Gasteiger partial charge on any atom is -0.326 e. The van der Waals surface area contributed by atoms with Gasteiger partial charge in [-0.2, -0.15) is 26.3 Å². The maximum Gasteiger partial charge on any atom is 0.416 e. The largest absolute Gasteiger partial charge is 0.416 e. The Kier molecular flexibility index (Phi) is 4.98.